The molecule has 1 aliphatic carbocycles. The van der Waals surface area contributed by atoms with E-state index in [1.807, 2.05) is 12.1 Å². The number of benzene rings is 2. The summed E-state index contributed by atoms with van der Waals surface area (Å²) in [6, 6.07) is 8.98. The molecule has 0 saturated heterocycles. The number of nitrogens with zero attached hydrogens (tertiary/aromatic N) is 3. The third kappa shape index (κ3) is 4.93. The predicted molar refractivity (Wildman–Crippen MR) is 136 cm³/mol. The number of halogens is 3. The third-order valence-electron chi connectivity index (χ3n) is 5.45. The summed E-state index contributed by atoms with van der Waals surface area (Å²) in [5.41, 5.74) is 1.07. The van der Waals surface area contributed by atoms with Crippen LogP contribution in [-0.4, -0.2) is 22.5 Å². The maximum Gasteiger partial charge on any atom is 0.282 e. The molecule has 0 aliphatic heterocycles. The zero-order valence-electron chi connectivity index (χ0n) is 17.2. The number of aromatic nitrogens is 2. The van der Waals surface area contributed by atoms with Crippen LogP contribution >= 0.6 is 43.5 Å². The second kappa shape index (κ2) is 10.2. The van der Waals surface area contributed by atoms with Crippen molar-refractivity contribution in [1.29, 1.82) is 0 Å². The molecule has 1 heterocycles. The molecule has 1 aromatic heterocycles. The van der Waals surface area contributed by atoms with Gasteiger partial charge in [0, 0.05) is 21.0 Å². The fraction of sp³-hybridized carbons (Fsp3) is 0.292. The lowest BCUT2D eigenvalue weighted by atomic mass is 9.88. The summed E-state index contributed by atoms with van der Waals surface area (Å²) in [5, 5.41) is 5.59. The lowest BCUT2D eigenvalue weighted by Gasteiger charge is -2.22. The van der Waals surface area contributed by atoms with Crippen molar-refractivity contribution in [2.24, 2.45) is 5.10 Å². The molecule has 0 radical (unpaired) electrons. The van der Waals surface area contributed by atoms with Gasteiger partial charge in [0.2, 0.25) is 0 Å². The second-order valence-corrected chi connectivity index (χ2v) is 9.83. The zero-order chi connectivity index (χ0) is 22.7. The Bertz CT molecular complexity index is 1290. The highest BCUT2D eigenvalue weighted by Gasteiger charge is 2.22. The first-order valence-corrected chi connectivity index (χ1v) is 12.3. The molecule has 32 heavy (non-hydrogen) atoms. The van der Waals surface area contributed by atoms with Crippen LogP contribution in [-0.2, 0) is 0 Å². The Morgan fingerprint density at radius 1 is 1.25 bits per heavy atom. The van der Waals surface area contributed by atoms with E-state index in [0.29, 0.717) is 37.5 Å². The Kier molecular flexibility index (Phi) is 7.34. The summed E-state index contributed by atoms with van der Waals surface area (Å²) in [7, 11) is 0. The van der Waals surface area contributed by atoms with Crippen molar-refractivity contribution in [3.63, 3.8) is 0 Å². The predicted octanol–water partition coefficient (Wildman–Crippen LogP) is 6.52. The van der Waals surface area contributed by atoms with Crippen LogP contribution in [0.25, 0.3) is 10.9 Å². The average Bonchev–Trinajstić information content (AvgIpc) is 2.78. The van der Waals surface area contributed by atoms with Crippen molar-refractivity contribution in [3.8, 4) is 18.1 Å². The van der Waals surface area contributed by atoms with Crippen LogP contribution in [0.5, 0.6) is 5.75 Å². The number of fused-ring (bicyclic) bond motifs is 1. The number of rotatable bonds is 5. The highest BCUT2D eigenvalue weighted by Crippen LogP contribution is 2.33. The molecular weight excluding hydrogens is 558 g/mol. The van der Waals surface area contributed by atoms with E-state index in [1.54, 1.807) is 24.4 Å². The standard InChI is InChI=1S/C24H20Br2ClN3O2/c1-2-10-32-22-16(11-18(27)13-20(22)26)14-28-30-23(15-6-4-3-5-7-15)29-21-9-8-17(25)12-19(21)24(30)31/h1,8-9,11-15H,3-7,10H2. The van der Waals surface area contributed by atoms with Gasteiger partial charge in [-0.1, -0.05) is 52.7 Å². The van der Waals surface area contributed by atoms with E-state index in [4.69, 9.17) is 27.7 Å². The van der Waals surface area contributed by atoms with Gasteiger partial charge in [0.1, 0.15) is 18.2 Å². The summed E-state index contributed by atoms with van der Waals surface area (Å²) < 4.78 is 8.57. The van der Waals surface area contributed by atoms with E-state index >= 15 is 0 Å². The Hall–Kier alpha value is -2.14. The number of hydrogen-bond acceptors (Lipinski definition) is 4. The number of hydrogen-bond donors (Lipinski definition) is 0. The normalized spacial score (nSPS) is 14.7. The van der Waals surface area contributed by atoms with Gasteiger partial charge in [-0.25, -0.2) is 4.98 Å². The summed E-state index contributed by atoms with van der Waals surface area (Å²) in [4.78, 5) is 18.3. The summed E-state index contributed by atoms with van der Waals surface area (Å²) in [5.74, 6) is 3.84. The third-order valence-corrected chi connectivity index (χ3v) is 6.75. The maximum absolute atomic E-state index is 13.5. The van der Waals surface area contributed by atoms with Gasteiger partial charge >= 0.3 is 0 Å². The monoisotopic (exact) mass is 575 g/mol. The Morgan fingerprint density at radius 2 is 2.03 bits per heavy atom. The Morgan fingerprint density at radius 3 is 2.78 bits per heavy atom. The minimum atomic E-state index is -0.208. The quantitative estimate of drug-likeness (QED) is 0.256. The fourth-order valence-corrected chi connectivity index (χ4v) is 5.27. The number of terminal acetylenes is 1. The SMILES string of the molecule is C#CCOc1c(Br)cc(Cl)cc1C=Nn1c(C2CCCCC2)nc2ccc(Br)cc2c1=O. The van der Waals surface area contributed by atoms with Crippen molar-refractivity contribution in [2.45, 2.75) is 38.0 Å². The van der Waals surface area contributed by atoms with Gasteiger partial charge in [-0.15, -0.1) is 6.42 Å². The second-order valence-electron chi connectivity index (χ2n) is 7.63. The highest BCUT2D eigenvalue weighted by molar-refractivity contribution is 9.10. The number of ether oxygens (including phenoxy) is 1. The summed E-state index contributed by atoms with van der Waals surface area (Å²) >= 11 is 13.1. The first-order chi connectivity index (χ1) is 15.5. The minimum Gasteiger partial charge on any atom is -0.479 e. The molecule has 0 N–H and O–H groups in total. The first kappa shape index (κ1) is 23.0. The van der Waals surface area contributed by atoms with E-state index in [0.717, 1.165) is 30.2 Å². The van der Waals surface area contributed by atoms with Crippen LogP contribution in [0.3, 0.4) is 0 Å². The summed E-state index contributed by atoms with van der Waals surface area (Å²) in [6.45, 7) is 0.0971. The van der Waals surface area contributed by atoms with E-state index in [2.05, 4.69) is 42.9 Å². The van der Waals surface area contributed by atoms with Gasteiger partial charge in [-0.3, -0.25) is 4.79 Å². The fourth-order valence-electron chi connectivity index (χ4n) is 3.96. The zero-order valence-corrected chi connectivity index (χ0v) is 21.1. The van der Waals surface area contributed by atoms with E-state index in [-0.39, 0.29) is 18.1 Å². The van der Waals surface area contributed by atoms with Gasteiger partial charge < -0.3 is 4.74 Å². The molecule has 0 spiro atoms. The molecular formula is C24H20Br2ClN3O2. The molecule has 1 saturated carbocycles. The maximum atomic E-state index is 13.5. The van der Waals surface area contributed by atoms with Crippen molar-refractivity contribution < 1.29 is 4.74 Å². The van der Waals surface area contributed by atoms with Crippen LogP contribution in [0, 0.1) is 12.3 Å². The molecule has 0 unspecified atom stereocenters. The largest absolute Gasteiger partial charge is 0.479 e. The molecule has 1 aliphatic rings. The average molecular weight is 578 g/mol. The van der Waals surface area contributed by atoms with Gasteiger partial charge in [0.15, 0.2) is 0 Å². The van der Waals surface area contributed by atoms with Crippen LogP contribution in [0.2, 0.25) is 5.02 Å². The van der Waals surface area contributed by atoms with Crippen molar-refractivity contribution in [1.82, 2.24) is 9.66 Å². The van der Waals surface area contributed by atoms with Crippen molar-refractivity contribution in [3.05, 3.63) is 66.0 Å². The molecule has 164 valence electrons. The Labute approximate surface area is 208 Å². The smallest absolute Gasteiger partial charge is 0.282 e. The van der Waals surface area contributed by atoms with Crippen LogP contribution in [0.1, 0.15) is 49.4 Å². The molecule has 4 rings (SSSR count). The molecule has 2 aromatic carbocycles. The van der Waals surface area contributed by atoms with Crippen LogP contribution in [0.4, 0.5) is 0 Å². The molecule has 0 bridgehead atoms. The van der Waals surface area contributed by atoms with Crippen molar-refractivity contribution in [2.75, 3.05) is 6.61 Å². The molecule has 0 amide bonds. The molecule has 1 fully saturated rings. The van der Waals surface area contributed by atoms with Gasteiger partial charge in [-0.2, -0.15) is 9.78 Å². The first-order valence-electron chi connectivity index (χ1n) is 10.3. The lowest BCUT2D eigenvalue weighted by Crippen LogP contribution is -2.25. The van der Waals surface area contributed by atoms with Gasteiger partial charge in [0.05, 0.1) is 21.6 Å². The van der Waals surface area contributed by atoms with E-state index < -0.39 is 0 Å². The van der Waals surface area contributed by atoms with Gasteiger partial charge in [0.25, 0.3) is 5.56 Å². The van der Waals surface area contributed by atoms with E-state index in [1.165, 1.54) is 11.1 Å². The van der Waals surface area contributed by atoms with Crippen LogP contribution < -0.4 is 10.3 Å². The Balaban J connectivity index is 1.87. The summed E-state index contributed by atoms with van der Waals surface area (Å²) in [6.07, 6.45) is 12.3. The molecule has 8 heteroatoms. The highest BCUT2D eigenvalue weighted by atomic mass is 79.9. The minimum absolute atomic E-state index is 0.0971. The molecule has 3 aromatic rings. The molecule has 0 atom stereocenters. The molecule has 5 nitrogen and oxygen atoms in total. The van der Waals surface area contributed by atoms with Crippen molar-refractivity contribution >= 4 is 60.6 Å². The topological polar surface area (TPSA) is 56.5 Å². The van der Waals surface area contributed by atoms with Gasteiger partial charge in [-0.05, 0) is 59.1 Å². The van der Waals surface area contributed by atoms with Crippen LogP contribution in [0.15, 0.2) is 49.2 Å². The van der Waals surface area contributed by atoms with E-state index in [9.17, 15) is 4.79 Å². The lowest BCUT2D eigenvalue weighted by molar-refractivity contribution is 0.367.